The zero-order valence-electron chi connectivity index (χ0n) is 10.6. The number of anilines is 1. The lowest BCUT2D eigenvalue weighted by Crippen LogP contribution is -2.13. The summed E-state index contributed by atoms with van der Waals surface area (Å²) in [4.78, 5) is 0.623. The fraction of sp³-hybridized carbons (Fsp3) is 0.133. The summed E-state index contributed by atoms with van der Waals surface area (Å²) in [6, 6.07) is 17.4. The van der Waals surface area contributed by atoms with Crippen LogP contribution in [0.5, 0.6) is 5.75 Å². The van der Waals surface area contributed by atoms with E-state index < -0.39 is 0 Å². The maximum Gasteiger partial charge on any atom is 0.188 e. The summed E-state index contributed by atoms with van der Waals surface area (Å²) in [7, 11) is 1.59. The van der Waals surface area contributed by atoms with Gasteiger partial charge >= 0.3 is 0 Å². The fourth-order valence-electron chi connectivity index (χ4n) is 1.62. The monoisotopic (exact) mass is 273 g/mol. The summed E-state index contributed by atoms with van der Waals surface area (Å²) >= 11 is 5.41. The highest BCUT2D eigenvalue weighted by atomic mass is 32.1. The third kappa shape index (κ3) is 3.77. The molecule has 0 radical (unpaired) electrons. The minimum absolute atomic E-state index is 0.199. The van der Waals surface area contributed by atoms with Crippen molar-refractivity contribution < 1.29 is 9.47 Å². The molecule has 0 fully saturated rings. The van der Waals surface area contributed by atoms with Gasteiger partial charge in [-0.1, -0.05) is 42.5 Å². The van der Waals surface area contributed by atoms with Crippen molar-refractivity contribution in [2.45, 2.75) is 0 Å². The first-order valence-corrected chi connectivity index (χ1v) is 6.29. The van der Waals surface area contributed by atoms with E-state index in [9.17, 15) is 0 Å². The van der Waals surface area contributed by atoms with Crippen LogP contribution in [0.1, 0.15) is 5.56 Å². The molecule has 0 amide bonds. The third-order valence-corrected chi connectivity index (χ3v) is 2.82. The Morgan fingerprint density at radius 3 is 2.47 bits per heavy atom. The van der Waals surface area contributed by atoms with Crippen molar-refractivity contribution in [3.8, 4) is 5.75 Å². The molecule has 0 aliphatic heterocycles. The zero-order chi connectivity index (χ0) is 13.5. The first-order chi connectivity index (χ1) is 9.31. The lowest BCUT2D eigenvalue weighted by atomic mass is 10.2. The van der Waals surface area contributed by atoms with Crippen molar-refractivity contribution in [2.24, 2.45) is 0 Å². The second-order valence-electron chi connectivity index (χ2n) is 3.87. The molecule has 0 aliphatic carbocycles. The van der Waals surface area contributed by atoms with Gasteiger partial charge in [-0.3, -0.25) is 0 Å². The average Bonchev–Trinajstić information content (AvgIpc) is 2.46. The Bertz CT molecular complexity index is 543. The van der Waals surface area contributed by atoms with Gasteiger partial charge in [-0.25, -0.2) is 0 Å². The Labute approximate surface area is 118 Å². The highest BCUT2D eigenvalue weighted by Crippen LogP contribution is 2.20. The van der Waals surface area contributed by atoms with Crippen molar-refractivity contribution >= 4 is 22.9 Å². The van der Waals surface area contributed by atoms with E-state index in [1.54, 1.807) is 7.11 Å². The van der Waals surface area contributed by atoms with Crippen molar-refractivity contribution in [1.82, 2.24) is 0 Å². The van der Waals surface area contributed by atoms with Gasteiger partial charge in [-0.2, -0.15) is 0 Å². The van der Waals surface area contributed by atoms with Crippen molar-refractivity contribution in [3.05, 3.63) is 60.2 Å². The molecule has 0 bridgehead atoms. The summed E-state index contributed by atoms with van der Waals surface area (Å²) in [5.74, 6) is 0.706. The normalized spacial score (nSPS) is 9.95. The first kappa shape index (κ1) is 13.5. The fourth-order valence-corrected chi connectivity index (χ4v) is 1.91. The molecule has 0 spiro atoms. The largest absolute Gasteiger partial charge is 0.467 e. The van der Waals surface area contributed by atoms with E-state index in [0.29, 0.717) is 10.7 Å². The maximum atomic E-state index is 5.50. The molecule has 1 N–H and O–H groups in total. The summed E-state index contributed by atoms with van der Waals surface area (Å²) in [5, 5.41) is 3.19. The summed E-state index contributed by atoms with van der Waals surface area (Å²) in [5.41, 5.74) is 1.80. The second-order valence-corrected chi connectivity index (χ2v) is 4.28. The van der Waals surface area contributed by atoms with Crippen LogP contribution in [0.2, 0.25) is 0 Å². The molecule has 2 rings (SSSR count). The number of hydrogen-bond acceptors (Lipinski definition) is 3. The Balaban J connectivity index is 2.14. The Hall–Kier alpha value is -1.91. The molecule has 98 valence electrons. The molecule has 19 heavy (non-hydrogen) atoms. The highest BCUT2D eigenvalue weighted by molar-refractivity contribution is 7.81. The van der Waals surface area contributed by atoms with Gasteiger partial charge in [-0.05, 0) is 24.3 Å². The molecule has 3 nitrogen and oxygen atoms in total. The predicted molar refractivity (Wildman–Crippen MR) is 80.7 cm³/mol. The molecular weight excluding hydrogens is 258 g/mol. The van der Waals surface area contributed by atoms with Crippen LogP contribution in [0, 0.1) is 0 Å². The van der Waals surface area contributed by atoms with Gasteiger partial charge in [0.05, 0.1) is 5.56 Å². The van der Waals surface area contributed by atoms with Crippen LogP contribution in [0.25, 0.3) is 0 Å². The molecule has 0 saturated carbocycles. The Morgan fingerprint density at radius 2 is 1.74 bits per heavy atom. The molecule has 2 aromatic carbocycles. The lowest BCUT2D eigenvalue weighted by Gasteiger charge is -2.13. The number of nitrogens with one attached hydrogen (secondary N) is 1. The van der Waals surface area contributed by atoms with Crippen molar-refractivity contribution in [2.75, 3.05) is 19.2 Å². The summed E-state index contributed by atoms with van der Waals surface area (Å²) in [6.45, 7) is 0.199. The molecule has 0 unspecified atom stereocenters. The molecule has 2 aromatic rings. The molecule has 0 saturated heterocycles. The molecule has 4 heteroatoms. The van der Waals surface area contributed by atoms with Crippen LogP contribution in [-0.4, -0.2) is 18.9 Å². The maximum absolute atomic E-state index is 5.50. The van der Waals surface area contributed by atoms with E-state index in [1.807, 2.05) is 54.6 Å². The Kier molecular flexibility index (Phi) is 4.89. The van der Waals surface area contributed by atoms with Gasteiger partial charge < -0.3 is 14.8 Å². The van der Waals surface area contributed by atoms with E-state index in [2.05, 4.69) is 5.32 Å². The van der Waals surface area contributed by atoms with Crippen LogP contribution in [0.3, 0.4) is 0 Å². The van der Waals surface area contributed by atoms with E-state index in [-0.39, 0.29) is 6.79 Å². The SMILES string of the molecule is COCOc1ccccc1C(=S)Nc1ccccc1. The van der Waals surface area contributed by atoms with Gasteiger partial charge in [-0.15, -0.1) is 0 Å². The third-order valence-electron chi connectivity index (χ3n) is 2.50. The number of ether oxygens (including phenoxy) is 2. The van der Waals surface area contributed by atoms with Gasteiger partial charge in [0, 0.05) is 12.8 Å². The smallest absolute Gasteiger partial charge is 0.188 e. The van der Waals surface area contributed by atoms with E-state index in [0.717, 1.165) is 11.3 Å². The second kappa shape index (κ2) is 6.87. The van der Waals surface area contributed by atoms with E-state index in [4.69, 9.17) is 21.7 Å². The molecule has 0 heterocycles. The van der Waals surface area contributed by atoms with Crippen LogP contribution in [-0.2, 0) is 4.74 Å². The summed E-state index contributed by atoms with van der Waals surface area (Å²) in [6.07, 6.45) is 0. The number of methoxy groups -OCH3 is 1. The van der Waals surface area contributed by atoms with Crippen molar-refractivity contribution in [1.29, 1.82) is 0 Å². The minimum Gasteiger partial charge on any atom is -0.467 e. The topological polar surface area (TPSA) is 30.5 Å². The highest BCUT2D eigenvalue weighted by Gasteiger charge is 2.08. The minimum atomic E-state index is 0.199. The predicted octanol–water partition coefficient (Wildman–Crippen LogP) is 3.46. The van der Waals surface area contributed by atoms with Gasteiger partial charge in [0.2, 0.25) is 0 Å². The number of para-hydroxylation sites is 2. The lowest BCUT2D eigenvalue weighted by molar-refractivity contribution is 0.0510. The van der Waals surface area contributed by atoms with Gasteiger partial charge in [0.1, 0.15) is 10.7 Å². The van der Waals surface area contributed by atoms with Crippen LogP contribution >= 0.6 is 12.2 Å². The van der Waals surface area contributed by atoms with Crippen LogP contribution in [0.4, 0.5) is 5.69 Å². The van der Waals surface area contributed by atoms with Crippen LogP contribution < -0.4 is 10.1 Å². The molecule has 0 atom stereocenters. The quantitative estimate of drug-likeness (QED) is 0.667. The van der Waals surface area contributed by atoms with E-state index >= 15 is 0 Å². The van der Waals surface area contributed by atoms with E-state index in [1.165, 1.54) is 0 Å². The first-order valence-electron chi connectivity index (χ1n) is 5.88. The summed E-state index contributed by atoms with van der Waals surface area (Å²) < 4.78 is 10.4. The molecule has 0 aromatic heterocycles. The molecule has 0 aliphatic rings. The Morgan fingerprint density at radius 1 is 1.05 bits per heavy atom. The number of hydrogen-bond donors (Lipinski definition) is 1. The zero-order valence-corrected chi connectivity index (χ0v) is 11.4. The van der Waals surface area contributed by atoms with Gasteiger partial charge in [0.15, 0.2) is 6.79 Å². The average molecular weight is 273 g/mol. The number of thiocarbonyl (C=S) groups is 1. The standard InChI is InChI=1S/C15H15NO2S/c1-17-11-18-14-10-6-5-9-13(14)15(19)16-12-7-3-2-4-8-12/h2-10H,11H2,1H3,(H,16,19). The van der Waals surface area contributed by atoms with Crippen molar-refractivity contribution in [3.63, 3.8) is 0 Å². The number of benzene rings is 2. The van der Waals surface area contributed by atoms with Crippen LogP contribution in [0.15, 0.2) is 54.6 Å². The van der Waals surface area contributed by atoms with Gasteiger partial charge in [0.25, 0.3) is 0 Å². The number of rotatable bonds is 5. The molecular formula is C15H15NO2S.